The third kappa shape index (κ3) is 3.35. The minimum absolute atomic E-state index is 0.197. The Kier molecular flexibility index (Phi) is 4.79. The minimum Gasteiger partial charge on any atom is -0.478 e. The molecule has 0 saturated heterocycles. The van der Waals surface area contributed by atoms with Crippen molar-refractivity contribution < 1.29 is 14.7 Å². The minimum atomic E-state index is -0.980. The molecule has 0 fully saturated rings. The predicted molar refractivity (Wildman–Crippen MR) is 129 cm³/mol. The number of H-pyrrole nitrogens is 1. The molecule has 0 radical (unpaired) electrons. The summed E-state index contributed by atoms with van der Waals surface area (Å²) >= 11 is 1.71. The van der Waals surface area contributed by atoms with Crippen molar-refractivity contribution in [3.05, 3.63) is 88.7 Å². The van der Waals surface area contributed by atoms with Gasteiger partial charge in [0.15, 0.2) is 0 Å². The molecule has 1 aliphatic rings. The van der Waals surface area contributed by atoms with E-state index in [1.54, 1.807) is 31.3 Å². The molecule has 158 valence electrons. The van der Waals surface area contributed by atoms with Crippen molar-refractivity contribution in [2.24, 2.45) is 0 Å². The van der Waals surface area contributed by atoms with Crippen LogP contribution in [-0.2, 0) is 4.79 Å². The van der Waals surface area contributed by atoms with Gasteiger partial charge in [0.25, 0.3) is 5.91 Å². The number of aromatic amines is 1. The summed E-state index contributed by atoms with van der Waals surface area (Å²) in [5.74, 6) is -1.18. The number of hydrogen-bond donors (Lipinski definition) is 3. The number of hydrogen-bond acceptors (Lipinski definition) is 3. The van der Waals surface area contributed by atoms with Crippen molar-refractivity contribution in [2.45, 2.75) is 13.8 Å². The standard InChI is InChI=1S/C26H20N2O3S/c1-14-21(27-15(2)24(14)26(30)31)13-19-18-12-17(8-9-20(18)28-25(19)29)23-11-10-22(32-23)16-6-4-3-5-7-16/h3-13,27H,1-2H3,(H,28,29)(H,30,31). The third-order valence-electron chi connectivity index (χ3n) is 5.73. The fraction of sp³-hybridized carbons (Fsp3) is 0.0769. The van der Waals surface area contributed by atoms with Crippen LogP contribution in [0.3, 0.4) is 0 Å². The lowest BCUT2D eigenvalue weighted by Crippen LogP contribution is -2.03. The van der Waals surface area contributed by atoms with Gasteiger partial charge in [-0.3, -0.25) is 4.79 Å². The van der Waals surface area contributed by atoms with Gasteiger partial charge < -0.3 is 15.4 Å². The first kappa shape index (κ1) is 20.0. The number of fused-ring (bicyclic) bond motifs is 1. The number of carbonyl (C=O) groups excluding carboxylic acids is 1. The van der Waals surface area contributed by atoms with Crippen LogP contribution < -0.4 is 5.32 Å². The van der Waals surface area contributed by atoms with Crippen LogP contribution in [0.1, 0.15) is 32.9 Å². The first-order chi connectivity index (χ1) is 15.4. The van der Waals surface area contributed by atoms with Gasteiger partial charge in [-0.25, -0.2) is 4.79 Å². The van der Waals surface area contributed by atoms with Gasteiger partial charge >= 0.3 is 5.97 Å². The molecule has 3 heterocycles. The lowest BCUT2D eigenvalue weighted by atomic mass is 10.0. The van der Waals surface area contributed by atoms with Crippen LogP contribution in [0.4, 0.5) is 5.69 Å². The number of aryl methyl sites for hydroxylation is 1. The maximum absolute atomic E-state index is 12.7. The van der Waals surface area contributed by atoms with Crippen LogP contribution in [0.2, 0.25) is 0 Å². The zero-order valence-electron chi connectivity index (χ0n) is 17.5. The molecular weight excluding hydrogens is 420 g/mol. The second-order valence-corrected chi connectivity index (χ2v) is 8.86. The molecule has 2 aromatic carbocycles. The summed E-state index contributed by atoms with van der Waals surface area (Å²) in [6.45, 7) is 3.47. The number of aromatic carboxylic acids is 1. The summed E-state index contributed by atoms with van der Waals surface area (Å²) < 4.78 is 0. The van der Waals surface area contributed by atoms with Crippen molar-refractivity contribution in [1.82, 2.24) is 4.98 Å². The number of carbonyl (C=O) groups is 2. The fourth-order valence-corrected chi connectivity index (χ4v) is 5.13. The molecule has 1 amide bonds. The first-order valence-electron chi connectivity index (χ1n) is 10.2. The smallest absolute Gasteiger partial charge is 0.337 e. The lowest BCUT2D eigenvalue weighted by molar-refractivity contribution is -0.110. The Morgan fingerprint density at radius 2 is 1.69 bits per heavy atom. The number of rotatable bonds is 4. The van der Waals surface area contributed by atoms with Gasteiger partial charge in [-0.15, -0.1) is 11.3 Å². The first-order valence-corrected chi connectivity index (χ1v) is 11.0. The zero-order valence-corrected chi connectivity index (χ0v) is 18.3. The number of anilines is 1. The molecule has 6 heteroatoms. The van der Waals surface area contributed by atoms with Crippen molar-refractivity contribution in [3.8, 4) is 20.9 Å². The Morgan fingerprint density at radius 1 is 0.969 bits per heavy atom. The van der Waals surface area contributed by atoms with Crippen molar-refractivity contribution in [3.63, 3.8) is 0 Å². The van der Waals surface area contributed by atoms with Gasteiger partial charge in [0.05, 0.1) is 11.1 Å². The van der Waals surface area contributed by atoms with Crippen LogP contribution in [-0.4, -0.2) is 22.0 Å². The van der Waals surface area contributed by atoms with Gasteiger partial charge in [0.1, 0.15) is 0 Å². The van der Waals surface area contributed by atoms with Gasteiger partial charge in [0, 0.05) is 32.4 Å². The van der Waals surface area contributed by atoms with Gasteiger partial charge in [-0.1, -0.05) is 36.4 Å². The number of carboxylic acid groups (broad SMARTS) is 1. The summed E-state index contributed by atoms with van der Waals surface area (Å²) in [5.41, 5.74) is 6.35. The molecule has 0 spiro atoms. The molecule has 0 atom stereocenters. The Labute approximate surface area is 189 Å². The Hall–Kier alpha value is -3.90. The molecule has 2 aromatic heterocycles. The Balaban J connectivity index is 1.55. The van der Waals surface area contributed by atoms with E-state index in [1.165, 1.54) is 10.4 Å². The highest BCUT2D eigenvalue weighted by molar-refractivity contribution is 7.18. The summed E-state index contributed by atoms with van der Waals surface area (Å²) in [6, 6.07) is 20.4. The highest BCUT2D eigenvalue weighted by Gasteiger charge is 2.26. The topological polar surface area (TPSA) is 82.2 Å². The van der Waals surface area contributed by atoms with E-state index >= 15 is 0 Å². The summed E-state index contributed by atoms with van der Waals surface area (Å²) in [6.07, 6.45) is 1.74. The largest absolute Gasteiger partial charge is 0.478 e. The second-order valence-electron chi connectivity index (χ2n) is 7.77. The SMILES string of the molecule is Cc1[nH]c(C=C2C(=O)Nc3ccc(-c4ccc(-c5ccccc5)s4)cc32)c(C)c1C(=O)O. The number of thiophene rings is 1. The fourth-order valence-electron chi connectivity index (χ4n) is 4.12. The normalized spacial score (nSPS) is 13.9. The van der Waals surface area contributed by atoms with Crippen molar-refractivity contribution in [1.29, 1.82) is 0 Å². The average Bonchev–Trinajstić information content (AvgIpc) is 3.45. The predicted octanol–water partition coefficient (Wildman–Crippen LogP) is 6.22. The van der Waals surface area contributed by atoms with E-state index in [0.717, 1.165) is 21.7 Å². The van der Waals surface area contributed by atoms with E-state index in [4.69, 9.17) is 0 Å². The molecule has 0 bridgehead atoms. The van der Waals surface area contributed by atoms with E-state index in [9.17, 15) is 14.7 Å². The van der Waals surface area contributed by atoms with Crippen LogP contribution in [0.25, 0.3) is 32.5 Å². The molecule has 3 N–H and O–H groups in total. The molecular formula is C26H20N2O3S. The number of aromatic nitrogens is 1. The maximum atomic E-state index is 12.7. The molecule has 32 heavy (non-hydrogen) atoms. The summed E-state index contributed by atoms with van der Waals surface area (Å²) in [7, 11) is 0. The van der Waals surface area contributed by atoms with E-state index in [1.807, 2.05) is 36.4 Å². The Bertz CT molecular complexity index is 1410. The van der Waals surface area contributed by atoms with Crippen LogP contribution in [0.5, 0.6) is 0 Å². The molecule has 0 saturated carbocycles. The summed E-state index contributed by atoms with van der Waals surface area (Å²) in [5, 5.41) is 12.4. The quantitative estimate of drug-likeness (QED) is 0.330. The summed E-state index contributed by atoms with van der Waals surface area (Å²) in [4.78, 5) is 29.7. The molecule has 4 aromatic rings. The monoisotopic (exact) mass is 440 g/mol. The van der Waals surface area contributed by atoms with Crippen molar-refractivity contribution >= 4 is 40.5 Å². The Morgan fingerprint density at radius 3 is 2.38 bits per heavy atom. The highest BCUT2D eigenvalue weighted by Crippen LogP contribution is 2.40. The third-order valence-corrected chi connectivity index (χ3v) is 6.91. The van der Waals surface area contributed by atoms with E-state index in [2.05, 4.69) is 34.6 Å². The molecule has 0 aliphatic carbocycles. The van der Waals surface area contributed by atoms with Crippen LogP contribution in [0.15, 0.2) is 60.7 Å². The molecule has 5 nitrogen and oxygen atoms in total. The lowest BCUT2D eigenvalue weighted by Gasteiger charge is -2.03. The van der Waals surface area contributed by atoms with Crippen LogP contribution in [0, 0.1) is 13.8 Å². The number of nitrogens with one attached hydrogen (secondary N) is 2. The van der Waals surface area contributed by atoms with E-state index in [-0.39, 0.29) is 11.5 Å². The highest BCUT2D eigenvalue weighted by atomic mass is 32.1. The van der Waals surface area contributed by atoms with Crippen molar-refractivity contribution in [2.75, 3.05) is 5.32 Å². The molecule has 1 aliphatic heterocycles. The van der Waals surface area contributed by atoms with Gasteiger partial charge in [0.2, 0.25) is 0 Å². The van der Waals surface area contributed by atoms with E-state index in [0.29, 0.717) is 22.5 Å². The van der Waals surface area contributed by atoms with Gasteiger partial charge in [-0.05, 0) is 60.9 Å². The number of benzene rings is 2. The second kappa shape index (κ2) is 7.66. The van der Waals surface area contributed by atoms with E-state index < -0.39 is 5.97 Å². The zero-order chi connectivity index (χ0) is 22.4. The number of carboxylic acids is 1. The van der Waals surface area contributed by atoms with Gasteiger partial charge in [-0.2, -0.15) is 0 Å². The maximum Gasteiger partial charge on any atom is 0.337 e. The molecule has 5 rings (SSSR count). The average molecular weight is 441 g/mol. The molecule has 0 unspecified atom stereocenters. The van der Waals surface area contributed by atoms with Crippen LogP contribution >= 0.6 is 11.3 Å². The number of amides is 1.